The van der Waals surface area contributed by atoms with E-state index in [1.807, 2.05) is 31.2 Å². The highest BCUT2D eigenvalue weighted by Gasteiger charge is 2.15. The highest BCUT2D eigenvalue weighted by Crippen LogP contribution is 2.31. The Kier molecular flexibility index (Phi) is 2.67. The van der Waals surface area contributed by atoms with Gasteiger partial charge in [0.1, 0.15) is 5.82 Å². The Morgan fingerprint density at radius 3 is 2.74 bits per heavy atom. The molecule has 0 saturated carbocycles. The van der Waals surface area contributed by atoms with Gasteiger partial charge in [0.15, 0.2) is 6.29 Å². The number of hydrogen-bond donors (Lipinski definition) is 1. The molecule has 0 bridgehead atoms. The maximum absolute atomic E-state index is 14.0. The summed E-state index contributed by atoms with van der Waals surface area (Å²) in [4.78, 5) is 14.5. The summed E-state index contributed by atoms with van der Waals surface area (Å²) < 4.78 is 14.0. The van der Waals surface area contributed by atoms with Crippen LogP contribution in [0.4, 0.5) is 4.39 Å². The van der Waals surface area contributed by atoms with Gasteiger partial charge in [0.2, 0.25) is 0 Å². The fourth-order valence-electron chi connectivity index (χ4n) is 2.33. The van der Waals surface area contributed by atoms with E-state index in [1.165, 1.54) is 6.07 Å². The molecule has 0 unspecified atom stereocenters. The molecule has 0 aliphatic carbocycles. The number of para-hydroxylation sites is 1. The number of fused-ring (bicyclic) bond motifs is 1. The topological polar surface area (TPSA) is 32.9 Å². The van der Waals surface area contributed by atoms with Gasteiger partial charge in [-0.1, -0.05) is 29.8 Å². The summed E-state index contributed by atoms with van der Waals surface area (Å²) in [6, 6.07) is 12.3. The van der Waals surface area contributed by atoms with E-state index in [9.17, 15) is 9.18 Å². The molecule has 1 heterocycles. The van der Waals surface area contributed by atoms with Crippen LogP contribution in [-0.2, 0) is 0 Å². The second kappa shape index (κ2) is 4.35. The monoisotopic (exact) mass is 253 g/mol. The van der Waals surface area contributed by atoms with Crippen molar-refractivity contribution < 1.29 is 9.18 Å². The van der Waals surface area contributed by atoms with Gasteiger partial charge in [-0.3, -0.25) is 4.79 Å². The average Bonchev–Trinajstić information content (AvgIpc) is 2.79. The van der Waals surface area contributed by atoms with Gasteiger partial charge in [0.25, 0.3) is 0 Å². The van der Waals surface area contributed by atoms with E-state index in [2.05, 4.69) is 4.98 Å². The van der Waals surface area contributed by atoms with E-state index in [1.54, 1.807) is 12.1 Å². The molecule has 0 spiro atoms. The fourth-order valence-corrected chi connectivity index (χ4v) is 2.33. The molecule has 0 fully saturated rings. The molecule has 3 heteroatoms. The lowest BCUT2D eigenvalue weighted by molar-refractivity contribution is 0.112. The van der Waals surface area contributed by atoms with Gasteiger partial charge in [-0.2, -0.15) is 0 Å². The molecule has 0 atom stereocenters. The number of rotatable bonds is 2. The van der Waals surface area contributed by atoms with Gasteiger partial charge in [-0.05, 0) is 25.1 Å². The average molecular weight is 253 g/mol. The molecule has 1 N–H and O–H groups in total. The first-order chi connectivity index (χ1) is 9.20. The summed E-state index contributed by atoms with van der Waals surface area (Å²) in [5.41, 5.74) is 3.25. The van der Waals surface area contributed by atoms with Crippen LogP contribution in [-0.4, -0.2) is 11.3 Å². The van der Waals surface area contributed by atoms with Crippen molar-refractivity contribution in [1.82, 2.24) is 4.98 Å². The van der Waals surface area contributed by atoms with Crippen LogP contribution in [0.2, 0.25) is 0 Å². The molecule has 2 aromatic carbocycles. The molecule has 0 aliphatic heterocycles. The van der Waals surface area contributed by atoms with Crippen molar-refractivity contribution in [3.05, 3.63) is 59.4 Å². The zero-order valence-electron chi connectivity index (χ0n) is 10.4. The highest BCUT2D eigenvalue weighted by atomic mass is 19.1. The van der Waals surface area contributed by atoms with Crippen LogP contribution in [0.3, 0.4) is 0 Å². The molecule has 0 saturated heterocycles. The van der Waals surface area contributed by atoms with Crippen molar-refractivity contribution in [3.8, 4) is 11.3 Å². The van der Waals surface area contributed by atoms with Gasteiger partial charge in [0, 0.05) is 22.0 Å². The number of hydrogen-bond acceptors (Lipinski definition) is 1. The van der Waals surface area contributed by atoms with Gasteiger partial charge < -0.3 is 4.98 Å². The van der Waals surface area contributed by atoms with Crippen LogP contribution in [0.15, 0.2) is 42.5 Å². The molecule has 2 nitrogen and oxygen atoms in total. The fraction of sp³-hybridized carbons (Fsp3) is 0.0625. The minimum absolute atomic E-state index is 0.333. The maximum atomic E-state index is 14.0. The van der Waals surface area contributed by atoms with Crippen LogP contribution < -0.4 is 0 Å². The Bertz CT molecular complexity index is 774. The van der Waals surface area contributed by atoms with Crippen molar-refractivity contribution >= 4 is 17.2 Å². The lowest BCUT2D eigenvalue weighted by atomic mass is 10.0. The Morgan fingerprint density at radius 2 is 1.95 bits per heavy atom. The Morgan fingerprint density at radius 1 is 1.16 bits per heavy atom. The van der Waals surface area contributed by atoms with Crippen molar-refractivity contribution in [3.63, 3.8) is 0 Å². The van der Waals surface area contributed by atoms with E-state index in [-0.39, 0.29) is 5.82 Å². The van der Waals surface area contributed by atoms with Crippen LogP contribution in [0.5, 0.6) is 0 Å². The Balaban J connectivity index is 2.36. The third-order valence-electron chi connectivity index (χ3n) is 3.26. The summed E-state index contributed by atoms with van der Waals surface area (Å²) in [5.74, 6) is -0.333. The van der Waals surface area contributed by atoms with Crippen LogP contribution >= 0.6 is 0 Å². The Labute approximate surface area is 109 Å². The number of aryl methyl sites for hydroxylation is 1. The van der Waals surface area contributed by atoms with E-state index < -0.39 is 0 Å². The Hall–Kier alpha value is -2.42. The lowest BCUT2D eigenvalue weighted by Crippen LogP contribution is -1.90. The normalized spacial score (nSPS) is 10.8. The minimum atomic E-state index is -0.333. The number of aromatic amines is 1. The first-order valence-electron chi connectivity index (χ1n) is 6.03. The summed E-state index contributed by atoms with van der Waals surface area (Å²) in [7, 11) is 0. The first-order valence-corrected chi connectivity index (χ1v) is 6.03. The largest absolute Gasteiger partial charge is 0.354 e. The maximum Gasteiger partial charge on any atom is 0.152 e. The number of aromatic nitrogens is 1. The van der Waals surface area contributed by atoms with Crippen LogP contribution in [0.1, 0.15) is 15.9 Å². The summed E-state index contributed by atoms with van der Waals surface area (Å²) >= 11 is 0. The number of H-pyrrole nitrogens is 1. The molecule has 0 aliphatic rings. The van der Waals surface area contributed by atoms with E-state index in [4.69, 9.17) is 0 Å². The summed E-state index contributed by atoms with van der Waals surface area (Å²) in [6.45, 7) is 1.90. The summed E-state index contributed by atoms with van der Waals surface area (Å²) in [6.07, 6.45) is 0.774. The smallest absolute Gasteiger partial charge is 0.152 e. The molecule has 3 rings (SSSR count). The molecule has 1 aromatic heterocycles. The molecular formula is C16H12FNO. The summed E-state index contributed by atoms with van der Waals surface area (Å²) in [5, 5.41) is 0.813. The van der Waals surface area contributed by atoms with Crippen molar-refractivity contribution in [2.24, 2.45) is 0 Å². The lowest BCUT2D eigenvalue weighted by Gasteiger charge is -2.03. The number of carbonyl (C=O) groups is 1. The standard InChI is InChI=1S/C16H12FNO/c1-10-6-7-14(17)12(8-10)16-13(9-19)11-4-2-3-5-15(11)18-16/h2-9,18H,1H3. The van der Waals surface area contributed by atoms with Gasteiger partial charge in [-0.15, -0.1) is 0 Å². The zero-order valence-corrected chi connectivity index (χ0v) is 10.4. The molecule has 3 aromatic rings. The number of nitrogens with one attached hydrogen (secondary N) is 1. The zero-order chi connectivity index (χ0) is 13.4. The van der Waals surface area contributed by atoms with Crippen molar-refractivity contribution in [2.45, 2.75) is 6.92 Å². The van der Waals surface area contributed by atoms with Crippen LogP contribution in [0.25, 0.3) is 22.2 Å². The van der Waals surface area contributed by atoms with Gasteiger partial charge in [-0.25, -0.2) is 4.39 Å². The number of carbonyl (C=O) groups excluding carboxylic acids is 1. The van der Waals surface area contributed by atoms with Gasteiger partial charge in [0.05, 0.1) is 5.69 Å². The van der Waals surface area contributed by atoms with E-state index >= 15 is 0 Å². The van der Waals surface area contributed by atoms with E-state index in [0.29, 0.717) is 16.8 Å². The number of benzene rings is 2. The predicted octanol–water partition coefficient (Wildman–Crippen LogP) is 4.09. The third-order valence-corrected chi connectivity index (χ3v) is 3.26. The number of halogens is 1. The second-order valence-electron chi connectivity index (χ2n) is 4.56. The van der Waals surface area contributed by atoms with Crippen molar-refractivity contribution in [1.29, 1.82) is 0 Å². The van der Waals surface area contributed by atoms with E-state index in [0.717, 1.165) is 22.8 Å². The van der Waals surface area contributed by atoms with Gasteiger partial charge >= 0.3 is 0 Å². The van der Waals surface area contributed by atoms with Crippen molar-refractivity contribution in [2.75, 3.05) is 0 Å². The molecule has 94 valence electrons. The number of aldehydes is 1. The molecular weight excluding hydrogens is 241 g/mol. The molecule has 19 heavy (non-hydrogen) atoms. The van der Waals surface area contributed by atoms with Crippen LogP contribution in [0, 0.1) is 12.7 Å². The molecule has 0 radical (unpaired) electrons. The highest BCUT2D eigenvalue weighted by molar-refractivity contribution is 6.04. The quantitative estimate of drug-likeness (QED) is 0.685. The SMILES string of the molecule is Cc1ccc(F)c(-c2[nH]c3ccccc3c2C=O)c1. The molecule has 0 amide bonds. The first kappa shape index (κ1) is 11.7. The predicted molar refractivity (Wildman–Crippen MR) is 73.8 cm³/mol. The minimum Gasteiger partial charge on any atom is -0.354 e. The second-order valence-corrected chi connectivity index (χ2v) is 4.56. The third kappa shape index (κ3) is 1.83.